The van der Waals surface area contributed by atoms with Gasteiger partial charge in [0.05, 0.1) is 0 Å². The third-order valence-electron chi connectivity index (χ3n) is 4.11. The predicted octanol–water partition coefficient (Wildman–Crippen LogP) is 4.24. The van der Waals surface area contributed by atoms with Gasteiger partial charge in [0.1, 0.15) is 0 Å². The van der Waals surface area contributed by atoms with Crippen molar-refractivity contribution in [3.63, 3.8) is 0 Å². The van der Waals surface area contributed by atoms with Crippen LogP contribution >= 0.6 is 0 Å². The molecule has 0 amide bonds. The van der Waals surface area contributed by atoms with E-state index in [2.05, 4.69) is 37.8 Å². The molecule has 0 aromatic rings. The number of nitrogens with zero attached hydrogens (tertiary/aromatic N) is 1. The second-order valence-corrected chi connectivity index (χ2v) is 7.09. The Balaban J connectivity index is 1.63. The molecular formula is C16H29N. The Kier molecular flexibility index (Phi) is 4.30. The van der Waals surface area contributed by atoms with Gasteiger partial charge in [-0.2, -0.15) is 0 Å². The van der Waals surface area contributed by atoms with E-state index in [0.29, 0.717) is 5.41 Å². The molecule has 0 aromatic heterocycles. The Hall–Kier alpha value is -0.300. The highest BCUT2D eigenvalue weighted by atomic mass is 15.2. The topological polar surface area (TPSA) is 3.24 Å². The predicted molar refractivity (Wildman–Crippen MR) is 75.1 cm³/mol. The maximum absolute atomic E-state index is 2.72. The summed E-state index contributed by atoms with van der Waals surface area (Å²) in [5, 5.41) is 0. The van der Waals surface area contributed by atoms with Crippen molar-refractivity contribution in [2.45, 2.75) is 65.3 Å². The van der Waals surface area contributed by atoms with Gasteiger partial charge in [-0.1, -0.05) is 39.3 Å². The molecule has 2 fully saturated rings. The molecule has 17 heavy (non-hydrogen) atoms. The summed E-state index contributed by atoms with van der Waals surface area (Å²) in [6.45, 7) is 9.70. The van der Waals surface area contributed by atoms with Crippen molar-refractivity contribution in [1.29, 1.82) is 0 Å². The number of allylic oxidation sites excluding steroid dienone is 1. The highest BCUT2D eigenvalue weighted by Gasteiger charge is 2.39. The van der Waals surface area contributed by atoms with Gasteiger partial charge in [0.25, 0.3) is 0 Å². The van der Waals surface area contributed by atoms with E-state index >= 15 is 0 Å². The average Bonchev–Trinajstić information content (AvgIpc) is 3.04. The molecule has 1 aliphatic heterocycles. The first kappa shape index (κ1) is 13.1. The molecule has 0 spiro atoms. The fourth-order valence-electron chi connectivity index (χ4n) is 2.86. The first-order valence-corrected chi connectivity index (χ1v) is 7.47. The second-order valence-electron chi connectivity index (χ2n) is 7.09. The maximum Gasteiger partial charge on any atom is 0.0165 e. The van der Waals surface area contributed by atoms with Crippen LogP contribution in [0.25, 0.3) is 0 Å². The van der Waals surface area contributed by atoms with Crippen LogP contribution in [0.2, 0.25) is 0 Å². The van der Waals surface area contributed by atoms with E-state index < -0.39 is 0 Å². The normalized spacial score (nSPS) is 31.0. The summed E-state index contributed by atoms with van der Waals surface area (Å²) < 4.78 is 0. The lowest BCUT2D eigenvalue weighted by Gasteiger charge is -2.26. The second kappa shape index (κ2) is 5.56. The number of hydrogen-bond donors (Lipinski definition) is 0. The van der Waals surface area contributed by atoms with Crippen molar-refractivity contribution >= 4 is 0 Å². The standard InChI is InChI=1S/C16H29N/c1-16(2,3)10-6-5-9-14-13-15(14)17-11-7-4-8-12-17/h5,9,14-15H,4,6-8,10-13H2,1-3H3. The molecule has 1 heteroatoms. The summed E-state index contributed by atoms with van der Waals surface area (Å²) in [7, 11) is 0. The van der Waals surface area contributed by atoms with Gasteiger partial charge in [-0.15, -0.1) is 0 Å². The van der Waals surface area contributed by atoms with Crippen molar-refractivity contribution in [3.05, 3.63) is 12.2 Å². The zero-order chi connectivity index (χ0) is 12.3. The fraction of sp³-hybridized carbons (Fsp3) is 0.875. The number of piperidine rings is 1. The van der Waals surface area contributed by atoms with Crippen LogP contribution in [-0.4, -0.2) is 24.0 Å². The van der Waals surface area contributed by atoms with Crippen molar-refractivity contribution in [3.8, 4) is 0 Å². The number of likely N-dealkylation sites (tertiary alicyclic amines) is 1. The molecule has 2 unspecified atom stereocenters. The summed E-state index contributed by atoms with van der Waals surface area (Å²) in [4.78, 5) is 2.72. The lowest BCUT2D eigenvalue weighted by molar-refractivity contribution is 0.214. The summed E-state index contributed by atoms with van der Waals surface area (Å²) in [5.41, 5.74) is 0.486. The van der Waals surface area contributed by atoms with E-state index in [9.17, 15) is 0 Å². The van der Waals surface area contributed by atoms with E-state index in [1.54, 1.807) is 0 Å². The molecule has 1 heterocycles. The van der Waals surface area contributed by atoms with Gasteiger partial charge < -0.3 is 0 Å². The van der Waals surface area contributed by atoms with E-state index in [1.807, 2.05) is 0 Å². The van der Waals surface area contributed by atoms with Crippen molar-refractivity contribution in [2.24, 2.45) is 11.3 Å². The first-order chi connectivity index (χ1) is 8.06. The minimum absolute atomic E-state index is 0.486. The van der Waals surface area contributed by atoms with Gasteiger partial charge in [0.2, 0.25) is 0 Å². The Morgan fingerprint density at radius 2 is 1.82 bits per heavy atom. The summed E-state index contributed by atoms with van der Waals surface area (Å²) in [6, 6.07) is 0.904. The lowest BCUT2D eigenvalue weighted by Crippen LogP contribution is -2.32. The highest BCUT2D eigenvalue weighted by molar-refractivity contribution is 5.07. The van der Waals surface area contributed by atoms with Crippen molar-refractivity contribution in [2.75, 3.05) is 13.1 Å². The molecule has 98 valence electrons. The SMILES string of the molecule is CC(C)(C)CCC=CC1CC1N1CCCCC1. The Morgan fingerprint density at radius 1 is 1.12 bits per heavy atom. The first-order valence-electron chi connectivity index (χ1n) is 7.47. The Labute approximate surface area is 107 Å². The van der Waals surface area contributed by atoms with Gasteiger partial charge in [0, 0.05) is 6.04 Å². The molecule has 0 radical (unpaired) electrons. The third kappa shape index (κ3) is 4.46. The highest BCUT2D eigenvalue weighted by Crippen LogP contribution is 2.38. The smallest absolute Gasteiger partial charge is 0.0165 e. The number of hydrogen-bond acceptors (Lipinski definition) is 1. The summed E-state index contributed by atoms with van der Waals surface area (Å²) in [5.74, 6) is 0.882. The molecule has 1 aliphatic carbocycles. The van der Waals surface area contributed by atoms with Gasteiger partial charge in [-0.3, -0.25) is 4.90 Å². The van der Waals surface area contributed by atoms with Crippen LogP contribution < -0.4 is 0 Å². The van der Waals surface area contributed by atoms with E-state index in [4.69, 9.17) is 0 Å². The minimum atomic E-state index is 0.486. The summed E-state index contributed by atoms with van der Waals surface area (Å²) >= 11 is 0. The largest absolute Gasteiger partial charge is 0.300 e. The van der Waals surface area contributed by atoms with Gasteiger partial charge in [0.15, 0.2) is 0 Å². The van der Waals surface area contributed by atoms with E-state index in [1.165, 1.54) is 51.6 Å². The number of rotatable bonds is 4. The molecule has 2 rings (SSSR count). The van der Waals surface area contributed by atoms with Crippen LogP contribution in [0.15, 0.2) is 12.2 Å². The van der Waals surface area contributed by atoms with Crippen molar-refractivity contribution in [1.82, 2.24) is 4.90 Å². The molecule has 1 nitrogen and oxygen atoms in total. The minimum Gasteiger partial charge on any atom is -0.300 e. The zero-order valence-corrected chi connectivity index (χ0v) is 11.9. The van der Waals surface area contributed by atoms with E-state index in [0.717, 1.165) is 12.0 Å². The van der Waals surface area contributed by atoms with Crippen LogP contribution in [0.1, 0.15) is 59.3 Å². The quantitative estimate of drug-likeness (QED) is 0.659. The molecular weight excluding hydrogens is 206 g/mol. The third-order valence-corrected chi connectivity index (χ3v) is 4.11. The van der Waals surface area contributed by atoms with Crippen LogP contribution in [0.5, 0.6) is 0 Å². The molecule has 2 aliphatic rings. The van der Waals surface area contributed by atoms with Gasteiger partial charge >= 0.3 is 0 Å². The fourth-order valence-corrected chi connectivity index (χ4v) is 2.86. The maximum atomic E-state index is 2.72. The van der Waals surface area contributed by atoms with Crippen LogP contribution in [0.4, 0.5) is 0 Å². The molecule has 1 saturated carbocycles. The van der Waals surface area contributed by atoms with Gasteiger partial charge in [-0.05, 0) is 56.5 Å². The molecule has 0 bridgehead atoms. The molecule has 0 aromatic carbocycles. The molecule has 0 N–H and O–H groups in total. The monoisotopic (exact) mass is 235 g/mol. The zero-order valence-electron chi connectivity index (χ0n) is 11.9. The Morgan fingerprint density at radius 3 is 2.47 bits per heavy atom. The lowest BCUT2D eigenvalue weighted by atomic mass is 9.90. The molecule has 1 saturated heterocycles. The van der Waals surface area contributed by atoms with Gasteiger partial charge in [-0.25, -0.2) is 0 Å². The van der Waals surface area contributed by atoms with Crippen LogP contribution in [0, 0.1) is 11.3 Å². The average molecular weight is 235 g/mol. The molecule has 2 atom stereocenters. The summed E-state index contributed by atoms with van der Waals surface area (Å²) in [6.07, 6.45) is 13.2. The van der Waals surface area contributed by atoms with Crippen LogP contribution in [-0.2, 0) is 0 Å². The Bertz CT molecular complexity index is 255. The van der Waals surface area contributed by atoms with E-state index in [-0.39, 0.29) is 0 Å². The van der Waals surface area contributed by atoms with Crippen molar-refractivity contribution < 1.29 is 0 Å². The van der Waals surface area contributed by atoms with Crippen LogP contribution in [0.3, 0.4) is 0 Å².